The summed E-state index contributed by atoms with van der Waals surface area (Å²) in [6, 6.07) is 32.0. The molecule has 38 heavy (non-hydrogen) atoms. The maximum atomic E-state index is 12.4. The number of hydrazone groups is 1. The van der Waals surface area contributed by atoms with Gasteiger partial charge in [0.25, 0.3) is 5.91 Å². The first-order valence-corrected chi connectivity index (χ1v) is 12.9. The third kappa shape index (κ3) is 5.79. The molecule has 0 aromatic heterocycles. The number of nitrogens with one attached hydrogen (secondary N) is 2. The first-order valence-electron chi connectivity index (χ1n) is 12.1. The summed E-state index contributed by atoms with van der Waals surface area (Å²) < 4.78 is 12.5. The van der Waals surface area contributed by atoms with Crippen molar-refractivity contribution in [3.63, 3.8) is 0 Å². The lowest BCUT2D eigenvalue weighted by Gasteiger charge is -2.14. The first-order chi connectivity index (χ1) is 18.6. The number of rotatable bonds is 9. The summed E-state index contributed by atoms with van der Waals surface area (Å²) in [7, 11) is 1.59. The van der Waals surface area contributed by atoms with Crippen LogP contribution in [0.5, 0.6) is 11.5 Å². The molecule has 190 valence electrons. The Morgan fingerprint density at radius 1 is 0.895 bits per heavy atom. The van der Waals surface area contributed by atoms with E-state index in [-0.39, 0.29) is 12.5 Å². The predicted octanol–water partition coefficient (Wildman–Crippen LogP) is 6.91. The monoisotopic (exact) mass is 567 g/mol. The molecule has 0 aliphatic heterocycles. The molecule has 0 aliphatic rings. The molecular weight excluding hydrogens is 542 g/mol. The van der Waals surface area contributed by atoms with Gasteiger partial charge in [-0.05, 0) is 61.4 Å². The van der Waals surface area contributed by atoms with Crippen LogP contribution in [0.1, 0.15) is 11.1 Å². The SMILES string of the molecule is COc1cc(/C=N\NC(=O)CNc2cccc3ccccc23)cc(Br)c1OCc1cccc2ccccc12. The molecule has 0 heterocycles. The molecule has 7 heteroatoms. The van der Waals surface area contributed by atoms with Gasteiger partial charge in [-0.1, -0.05) is 78.9 Å². The van der Waals surface area contributed by atoms with Crippen LogP contribution in [0.15, 0.2) is 107 Å². The molecule has 0 saturated carbocycles. The van der Waals surface area contributed by atoms with E-state index in [0.29, 0.717) is 18.1 Å². The normalized spacial score (nSPS) is 11.1. The van der Waals surface area contributed by atoms with Gasteiger partial charge in [-0.15, -0.1) is 0 Å². The van der Waals surface area contributed by atoms with Crippen LogP contribution >= 0.6 is 15.9 Å². The van der Waals surface area contributed by atoms with Gasteiger partial charge in [-0.3, -0.25) is 4.79 Å². The zero-order valence-corrected chi connectivity index (χ0v) is 22.4. The Morgan fingerprint density at radius 3 is 2.37 bits per heavy atom. The molecule has 0 fully saturated rings. The summed E-state index contributed by atoms with van der Waals surface area (Å²) in [4.78, 5) is 12.4. The summed E-state index contributed by atoms with van der Waals surface area (Å²) in [6.07, 6.45) is 1.57. The lowest BCUT2D eigenvalue weighted by molar-refractivity contribution is -0.119. The van der Waals surface area contributed by atoms with E-state index in [9.17, 15) is 4.79 Å². The fourth-order valence-electron chi connectivity index (χ4n) is 4.30. The maximum Gasteiger partial charge on any atom is 0.259 e. The average Bonchev–Trinajstić information content (AvgIpc) is 2.95. The number of carbonyl (C=O) groups excluding carboxylic acids is 1. The Bertz CT molecular complexity index is 1620. The second kappa shape index (κ2) is 11.8. The molecule has 0 bridgehead atoms. The number of ether oxygens (including phenoxy) is 2. The van der Waals surface area contributed by atoms with Crippen LogP contribution in [0.25, 0.3) is 21.5 Å². The van der Waals surface area contributed by atoms with E-state index in [0.717, 1.165) is 37.4 Å². The zero-order chi connectivity index (χ0) is 26.3. The highest BCUT2D eigenvalue weighted by molar-refractivity contribution is 9.10. The van der Waals surface area contributed by atoms with Gasteiger partial charge in [0.05, 0.1) is 24.3 Å². The number of fused-ring (bicyclic) bond motifs is 2. The van der Waals surface area contributed by atoms with E-state index >= 15 is 0 Å². The number of anilines is 1. The van der Waals surface area contributed by atoms with Crippen molar-refractivity contribution in [2.45, 2.75) is 6.61 Å². The van der Waals surface area contributed by atoms with Crippen LogP contribution in [0.3, 0.4) is 0 Å². The second-order valence-electron chi connectivity index (χ2n) is 8.63. The smallest absolute Gasteiger partial charge is 0.259 e. The molecular formula is C31H26BrN3O3. The molecule has 0 saturated heterocycles. The minimum Gasteiger partial charge on any atom is -0.493 e. The highest BCUT2D eigenvalue weighted by Crippen LogP contribution is 2.37. The maximum absolute atomic E-state index is 12.4. The molecule has 0 unspecified atom stereocenters. The van der Waals surface area contributed by atoms with Crippen LogP contribution < -0.4 is 20.2 Å². The molecule has 5 aromatic rings. The van der Waals surface area contributed by atoms with Gasteiger partial charge in [0.2, 0.25) is 0 Å². The molecule has 6 nitrogen and oxygen atoms in total. The van der Waals surface area contributed by atoms with E-state index in [4.69, 9.17) is 9.47 Å². The van der Waals surface area contributed by atoms with Crippen LogP contribution in [0, 0.1) is 0 Å². The third-order valence-corrected chi connectivity index (χ3v) is 6.72. The van der Waals surface area contributed by atoms with E-state index in [2.05, 4.69) is 56.0 Å². The van der Waals surface area contributed by atoms with Crippen molar-refractivity contribution in [3.05, 3.63) is 113 Å². The van der Waals surface area contributed by atoms with Crippen LogP contribution in [0.2, 0.25) is 0 Å². The summed E-state index contributed by atoms with van der Waals surface area (Å²) >= 11 is 3.59. The molecule has 5 aromatic carbocycles. The Balaban J connectivity index is 1.21. The van der Waals surface area contributed by atoms with E-state index in [1.54, 1.807) is 13.3 Å². The van der Waals surface area contributed by atoms with Crippen molar-refractivity contribution >= 4 is 55.3 Å². The van der Waals surface area contributed by atoms with Crippen molar-refractivity contribution < 1.29 is 14.3 Å². The number of methoxy groups -OCH3 is 1. The van der Waals surface area contributed by atoms with Crippen molar-refractivity contribution in [1.82, 2.24) is 5.43 Å². The minimum absolute atomic E-state index is 0.0965. The number of nitrogens with zero attached hydrogens (tertiary/aromatic N) is 1. The van der Waals surface area contributed by atoms with Crippen LogP contribution in [-0.4, -0.2) is 25.8 Å². The highest BCUT2D eigenvalue weighted by atomic mass is 79.9. The quantitative estimate of drug-likeness (QED) is 0.150. The topological polar surface area (TPSA) is 72.0 Å². The summed E-state index contributed by atoms with van der Waals surface area (Å²) in [5.74, 6) is 0.904. The number of carbonyl (C=O) groups is 1. The summed E-state index contributed by atoms with van der Waals surface area (Å²) in [5, 5.41) is 11.8. The fraction of sp³-hybridized carbons (Fsp3) is 0.0968. The lowest BCUT2D eigenvalue weighted by atomic mass is 10.1. The van der Waals surface area contributed by atoms with Crippen molar-refractivity contribution in [2.75, 3.05) is 19.0 Å². The van der Waals surface area contributed by atoms with E-state index < -0.39 is 0 Å². The van der Waals surface area contributed by atoms with Crippen molar-refractivity contribution in [3.8, 4) is 11.5 Å². The standard InChI is InChI=1S/C31H26BrN3O3/c1-37-29-17-21(16-27(32)31(29)38-20-24-12-6-10-22-8-2-4-13-25(22)24)18-34-35-30(36)19-33-28-15-7-11-23-9-3-5-14-26(23)28/h2-18,33H,19-20H2,1H3,(H,35,36)/b34-18-. The van der Waals surface area contributed by atoms with Gasteiger partial charge in [0.15, 0.2) is 11.5 Å². The fourth-order valence-corrected chi connectivity index (χ4v) is 4.87. The molecule has 1 amide bonds. The van der Waals surface area contributed by atoms with Gasteiger partial charge in [0.1, 0.15) is 6.61 Å². The Hall–Kier alpha value is -4.36. The van der Waals surface area contributed by atoms with Gasteiger partial charge < -0.3 is 14.8 Å². The Morgan fingerprint density at radius 2 is 1.58 bits per heavy atom. The van der Waals surface area contributed by atoms with Crippen molar-refractivity contribution in [2.24, 2.45) is 5.10 Å². The summed E-state index contributed by atoms with van der Waals surface area (Å²) in [5.41, 5.74) is 5.29. The van der Waals surface area contributed by atoms with Gasteiger partial charge in [-0.25, -0.2) is 5.43 Å². The Labute approximate surface area is 229 Å². The summed E-state index contributed by atoms with van der Waals surface area (Å²) in [6.45, 7) is 0.489. The number of hydrogen-bond donors (Lipinski definition) is 2. The number of hydrogen-bond acceptors (Lipinski definition) is 5. The first kappa shape index (κ1) is 25.3. The van der Waals surface area contributed by atoms with Gasteiger partial charge in [-0.2, -0.15) is 5.10 Å². The molecule has 5 rings (SSSR count). The van der Waals surface area contributed by atoms with E-state index in [1.165, 1.54) is 5.39 Å². The lowest BCUT2D eigenvalue weighted by Crippen LogP contribution is -2.25. The van der Waals surface area contributed by atoms with Gasteiger partial charge >= 0.3 is 0 Å². The van der Waals surface area contributed by atoms with Crippen LogP contribution in [-0.2, 0) is 11.4 Å². The number of benzene rings is 5. The molecule has 2 N–H and O–H groups in total. The van der Waals surface area contributed by atoms with Gasteiger partial charge in [0, 0.05) is 11.1 Å². The Kier molecular flexibility index (Phi) is 7.85. The van der Waals surface area contributed by atoms with Crippen LogP contribution in [0.4, 0.5) is 5.69 Å². The number of amides is 1. The molecule has 0 aliphatic carbocycles. The molecule has 0 radical (unpaired) electrons. The third-order valence-electron chi connectivity index (χ3n) is 6.14. The molecule has 0 atom stereocenters. The minimum atomic E-state index is -0.254. The average molecular weight is 568 g/mol. The second-order valence-corrected chi connectivity index (χ2v) is 9.49. The van der Waals surface area contributed by atoms with E-state index in [1.807, 2.05) is 72.8 Å². The zero-order valence-electron chi connectivity index (χ0n) is 20.8. The molecule has 0 spiro atoms. The highest BCUT2D eigenvalue weighted by Gasteiger charge is 2.13. The predicted molar refractivity (Wildman–Crippen MR) is 157 cm³/mol. The number of halogens is 1. The largest absolute Gasteiger partial charge is 0.493 e. The van der Waals surface area contributed by atoms with Crippen molar-refractivity contribution in [1.29, 1.82) is 0 Å².